The van der Waals surface area contributed by atoms with Gasteiger partial charge in [-0.3, -0.25) is 20.4 Å². The molecule has 28 heavy (non-hydrogen) atoms. The zero-order valence-electron chi connectivity index (χ0n) is 15.6. The van der Waals surface area contributed by atoms with Gasteiger partial charge in [0.25, 0.3) is 11.8 Å². The van der Waals surface area contributed by atoms with Gasteiger partial charge < -0.3 is 9.64 Å². The van der Waals surface area contributed by atoms with E-state index in [0.717, 1.165) is 25.1 Å². The molecule has 2 amide bonds. The van der Waals surface area contributed by atoms with E-state index in [1.807, 2.05) is 29.2 Å². The maximum absolute atomic E-state index is 12.3. The van der Waals surface area contributed by atoms with Crippen LogP contribution in [0.15, 0.2) is 48.5 Å². The number of fused-ring (bicyclic) bond motifs is 1. The van der Waals surface area contributed by atoms with E-state index in [0.29, 0.717) is 11.3 Å². The number of rotatable bonds is 5. The molecular formula is C21H22N4O3. The van der Waals surface area contributed by atoms with Crippen LogP contribution in [0.4, 0.5) is 5.69 Å². The summed E-state index contributed by atoms with van der Waals surface area (Å²) in [6, 6.07) is 16.7. The van der Waals surface area contributed by atoms with Crippen molar-refractivity contribution in [2.24, 2.45) is 0 Å². The Morgan fingerprint density at radius 1 is 1.18 bits per heavy atom. The number of anilines is 1. The van der Waals surface area contributed by atoms with Crippen LogP contribution in [0.2, 0.25) is 0 Å². The summed E-state index contributed by atoms with van der Waals surface area (Å²) >= 11 is 0. The van der Waals surface area contributed by atoms with Crippen LogP contribution in [-0.2, 0) is 16.0 Å². The van der Waals surface area contributed by atoms with Gasteiger partial charge in [0, 0.05) is 12.2 Å². The van der Waals surface area contributed by atoms with Crippen LogP contribution in [0.5, 0.6) is 5.75 Å². The Kier molecular flexibility index (Phi) is 6.12. The molecule has 7 nitrogen and oxygen atoms in total. The summed E-state index contributed by atoms with van der Waals surface area (Å²) in [7, 11) is 0. The van der Waals surface area contributed by atoms with Gasteiger partial charge in [-0.1, -0.05) is 30.3 Å². The molecule has 0 saturated heterocycles. The Bertz CT molecular complexity index is 907. The summed E-state index contributed by atoms with van der Waals surface area (Å²) in [5, 5.41) is 9.08. The van der Waals surface area contributed by atoms with E-state index in [1.165, 1.54) is 5.56 Å². The van der Waals surface area contributed by atoms with Gasteiger partial charge in [0.1, 0.15) is 11.8 Å². The van der Waals surface area contributed by atoms with Crippen molar-refractivity contribution in [1.82, 2.24) is 10.9 Å². The number of hydrogen-bond donors (Lipinski definition) is 2. The highest BCUT2D eigenvalue weighted by molar-refractivity contribution is 5.86. The number of amides is 2. The monoisotopic (exact) mass is 378 g/mol. The first-order valence-corrected chi connectivity index (χ1v) is 9.16. The second-order valence-electron chi connectivity index (χ2n) is 6.56. The highest BCUT2D eigenvalue weighted by Crippen LogP contribution is 2.26. The van der Waals surface area contributed by atoms with Crippen LogP contribution in [0.1, 0.15) is 24.5 Å². The highest BCUT2D eigenvalue weighted by atomic mass is 16.5. The number of carbonyl (C=O) groups is 2. The van der Waals surface area contributed by atoms with Crippen molar-refractivity contribution >= 4 is 17.5 Å². The summed E-state index contributed by atoms with van der Waals surface area (Å²) in [5.74, 6) is -0.487. The van der Waals surface area contributed by atoms with Crippen LogP contribution < -0.4 is 20.5 Å². The van der Waals surface area contributed by atoms with Crippen LogP contribution in [-0.4, -0.2) is 31.0 Å². The number of ether oxygens (including phenoxy) is 1. The standard InChI is InChI=1S/C21H22N4O3/c1-15(28-19-11-5-3-8-17(19)13-22)21(27)24-23-20(26)14-25-12-6-9-16-7-2-4-10-18(16)25/h2-5,7-8,10-11,15H,6,9,12,14H2,1H3,(H,23,26)(H,24,27). The number of para-hydroxylation sites is 2. The van der Waals surface area contributed by atoms with E-state index in [9.17, 15) is 9.59 Å². The molecule has 2 N–H and O–H groups in total. The number of nitrogens with one attached hydrogen (secondary N) is 2. The van der Waals surface area contributed by atoms with Gasteiger partial charge in [0.15, 0.2) is 6.10 Å². The number of carbonyl (C=O) groups excluding carboxylic acids is 2. The smallest absolute Gasteiger partial charge is 0.279 e. The number of hydrogen-bond acceptors (Lipinski definition) is 5. The van der Waals surface area contributed by atoms with Crippen molar-refractivity contribution in [2.75, 3.05) is 18.0 Å². The minimum atomic E-state index is -0.870. The van der Waals surface area contributed by atoms with E-state index in [2.05, 4.69) is 16.9 Å². The number of nitrogens with zero attached hydrogens (tertiary/aromatic N) is 2. The lowest BCUT2D eigenvalue weighted by Crippen LogP contribution is -2.50. The number of nitriles is 1. The summed E-state index contributed by atoms with van der Waals surface area (Å²) in [4.78, 5) is 26.5. The largest absolute Gasteiger partial charge is 0.479 e. The Balaban J connectivity index is 1.51. The third-order valence-corrected chi connectivity index (χ3v) is 4.55. The van der Waals surface area contributed by atoms with Crippen molar-refractivity contribution in [1.29, 1.82) is 5.26 Å². The average Bonchev–Trinajstić information content (AvgIpc) is 2.72. The lowest BCUT2D eigenvalue weighted by Gasteiger charge is -2.30. The predicted molar refractivity (Wildman–Crippen MR) is 105 cm³/mol. The van der Waals surface area contributed by atoms with E-state index < -0.39 is 12.0 Å². The van der Waals surface area contributed by atoms with Gasteiger partial charge in [0.05, 0.1) is 12.1 Å². The zero-order valence-corrected chi connectivity index (χ0v) is 15.6. The quantitative estimate of drug-likeness (QED) is 0.776. The van der Waals surface area contributed by atoms with E-state index in [4.69, 9.17) is 10.00 Å². The number of aryl methyl sites for hydroxylation is 1. The van der Waals surface area contributed by atoms with Crippen LogP contribution >= 0.6 is 0 Å². The number of hydrazine groups is 1. The van der Waals surface area contributed by atoms with Crippen molar-refractivity contribution in [2.45, 2.75) is 25.9 Å². The van der Waals surface area contributed by atoms with E-state index in [1.54, 1.807) is 31.2 Å². The molecule has 2 aromatic rings. The van der Waals surface area contributed by atoms with Crippen molar-refractivity contribution in [3.8, 4) is 11.8 Å². The molecule has 0 fully saturated rings. The molecule has 144 valence electrons. The molecule has 1 aliphatic heterocycles. The Morgan fingerprint density at radius 3 is 2.75 bits per heavy atom. The molecule has 3 rings (SSSR count). The predicted octanol–water partition coefficient (Wildman–Crippen LogP) is 1.93. The number of benzene rings is 2. The lowest BCUT2D eigenvalue weighted by atomic mass is 10.0. The molecule has 1 unspecified atom stereocenters. The third kappa shape index (κ3) is 4.60. The molecule has 0 spiro atoms. The van der Waals surface area contributed by atoms with E-state index >= 15 is 0 Å². The van der Waals surface area contributed by atoms with Crippen molar-refractivity contribution in [3.63, 3.8) is 0 Å². The molecule has 0 saturated carbocycles. The normalized spacial score (nSPS) is 13.6. The molecule has 1 heterocycles. The average molecular weight is 378 g/mol. The van der Waals surface area contributed by atoms with Crippen LogP contribution in [0.25, 0.3) is 0 Å². The Hall–Kier alpha value is -3.53. The van der Waals surface area contributed by atoms with Gasteiger partial charge in [-0.25, -0.2) is 0 Å². The molecule has 2 aromatic carbocycles. The molecule has 7 heteroatoms. The highest BCUT2D eigenvalue weighted by Gasteiger charge is 2.20. The fourth-order valence-corrected chi connectivity index (χ4v) is 3.13. The van der Waals surface area contributed by atoms with Crippen LogP contribution in [0, 0.1) is 11.3 Å². The lowest BCUT2D eigenvalue weighted by molar-refractivity contribution is -0.132. The molecule has 0 bridgehead atoms. The minimum absolute atomic E-state index is 0.157. The summed E-state index contributed by atoms with van der Waals surface area (Å²) in [6.07, 6.45) is 1.12. The molecule has 0 aliphatic carbocycles. The topological polar surface area (TPSA) is 94.5 Å². The van der Waals surface area contributed by atoms with Crippen molar-refractivity contribution in [3.05, 3.63) is 59.7 Å². The van der Waals surface area contributed by atoms with Gasteiger partial charge in [-0.05, 0) is 43.5 Å². The van der Waals surface area contributed by atoms with Gasteiger partial charge in [-0.15, -0.1) is 0 Å². The summed E-state index contributed by atoms with van der Waals surface area (Å²) in [5.41, 5.74) is 7.43. The molecule has 0 aromatic heterocycles. The van der Waals surface area contributed by atoms with Gasteiger partial charge >= 0.3 is 0 Å². The van der Waals surface area contributed by atoms with E-state index in [-0.39, 0.29) is 12.5 Å². The van der Waals surface area contributed by atoms with Gasteiger partial charge in [0.2, 0.25) is 0 Å². The fourth-order valence-electron chi connectivity index (χ4n) is 3.13. The first-order chi connectivity index (χ1) is 13.6. The second-order valence-corrected chi connectivity index (χ2v) is 6.56. The molecule has 0 radical (unpaired) electrons. The maximum atomic E-state index is 12.3. The summed E-state index contributed by atoms with van der Waals surface area (Å²) in [6.45, 7) is 2.50. The van der Waals surface area contributed by atoms with Gasteiger partial charge in [-0.2, -0.15) is 5.26 Å². The van der Waals surface area contributed by atoms with Crippen molar-refractivity contribution < 1.29 is 14.3 Å². The molecule has 1 aliphatic rings. The summed E-state index contributed by atoms with van der Waals surface area (Å²) < 4.78 is 5.53. The zero-order chi connectivity index (χ0) is 19.9. The first-order valence-electron chi connectivity index (χ1n) is 9.16. The molecular weight excluding hydrogens is 356 g/mol. The maximum Gasteiger partial charge on any atom is 0.279 e. The Morgan fingerprint density at radius 2 is 1.93 bits per heavy atom. The van der Waals surface area contributed by atoms with Crippen LogP contribution in [0.3, 0.4) is 0 Å². The minimum Gasteiger partial charge on any atom is -0.479 e. The third-order valence-electron chi connectivity index (χ3n) is 4.55. The first kappa shape index (κ1) is 19.2. The molecule has 1 atom stereocenters. The second kappa shape index (κ2) is 8.91. The Labute approximate surface area is 163 Å². The SMILES string of the molecule is CC(Oc1ccccc1C#N)C(=O)NNC(=O)CN1CCCc2ccccc21. The fraction of sp³-hybridized carbons (Fsp3) is 0.286.